The Hall–Kier alpha value is -3.44. The van der Waals surface area contributed by atoms with E-state index in [0.717, 1.165) is 30.5 Å². The summed E-state index contributed by atoms with van der Waals surface area (Å²) < 4.78 is 0. The molecule has 0 bridgehead atoms. The minimum absolute atomic E-state index is 0.0564. The average Bonchev–Trinajstić information content (AvgIpc) is 3.10. The Bertz CT molecular complexity index is 1020. The van der Waals surface area contributed by atoms with E-state index in [0.29, 0.717) is 29.0 Å². The topological polar surface area (TPSA) is 124 Å². The Labute approximate surface area is 156 Å². The standard InChI is InChI=1S/C19H19N7O/c20-7-13-9-23-18-16(17(13)26-6-2-4-14(21)11-26)15(10-24-18)25-19(27)12-3-1-5-22-8-12/h1,3,5,8-10,14H,2,4,6,11,21H2,(H,23,24)(H,25,27)/t14-/m1/s1. The lowest BCUT2D eigenvalue weighted by Crippen LogP contribution is -2.43. The van der Waals surface area contributed by atoms with Gasteiger partial charge >= 0.3 is 0 Å². The van der Waals surface area contributed by atoms with Crippen molar-refractivity contribution in [1.82, 2.24) is 15.0 Å². The Morgan fingerprint density at radius 3 is 3.07 bits per heavy atom. The molecule has 0 unspecified atom stereocenters. The molecule has 3 aromatic heterocycles. The second kappa shape index (κ2) is 7.05. The van der Waals surface area contributed by atoms with E-state index in [4.69, 9.17) is 5.73 Å². The molecule has 1 aliphatic rings. The van der Waals surface area contributed by atoms with Gasteiger partial charge in [-0.3, -0.25) is 9.78 Å². The molecule has 3 aromatic rings. The van der Waals surface area contributed by atoms with Crippen LogP contribution in [-0.2, 0) is 0 Å². The molecule has 0 radical (unpaired) electrons. The molecule has 4 rings (SSSR count). The number of rotatable bonds is 3. The molecule has 8 heteroatoms. The van der Waals surface area contributed by atoms with E-state index >= 15 is 0 Å². The van der Waals surface area contributed by atoms with Gasteiger partial charge in [-0.15, -0.1) is 0 Å². The normalized spacial score (nSPS) is 16.9. The molecule has 0 spiro atoms. The van der Waals surface area contributed by atoms with Crippen LogP contribution in [0.1, 0.15) is 28.8 Å². The highest BCUT2D eigenvalue weighted by Gasteiger charge is 2.24. The molecule has 0 aliphatic carbocycles. The fourth-order valence-electron chi connectivity index (χ4n) is 3.49. The number of piperidine rings is 1. The molecule has 1 fully saturated rings. The maximum absolute atomic E-state index is 12.6. The number of nitrogens with zero attached hydrogens (tertiary/aromatic N) is 4. The largest absolute Gasteiger partial charge is 0.368 e. The summed E-state index contributed by atoms with van der Waals surface area (Å²) in [5.74, 6) is -0.271. The van der Waals surface area contributed by atoms with Gasteiger partial charge in [0.2, 0.25) is 0 Å². The van der Waals surface area contributed by atoms with Gasteiger partial charge in [0.1, 0.15) is 11.7 Å². The lowest BCUT2D eigenvalue weighted by atomic mass is 10.0. The number of H-pyrrole nitrogens is 1. The van der Waals surface area contributed by atoms with Crippen molar-refractivity contribution in [2.75, 3.05) is 23.3 Å². The minimum atomic E-state index is -0.271. The van der Waals surface area contributed by atoms with Gasteiger partial charge < -0.3 is 20.9 Å². The Morgan fingerprint density at radius 2 is 2.33 bits per heavy atom. The number of aromatic amines is 1. The van der Waals surface area contributed by atoms with Crippen molar-refractivity contribution in [3.8, 4) is 6.07 Å². The lowest BCUT2D eigenvalue weighted by molar-refractivity contribution is 0.102. The van der Waals surface area contributed by atoms with Gasteiger partial charge in [-0.1, -0.05) is 0 Å². The molecule has 4 heterocycles. The van der Waals surface area contributed by atoms with Crippen molar-refractivity contribution in [2.45, 2.75) is 18.9 Å². The van der Waals surface area contributed by atoms with Crippen LogP contribution in [0.25, 0.3) is 11.0 Å². The highest BCUT2D eigenvalue weighted by Crippen LogP contribution is 2.36. The number of nitriles is 1. The van der Waals surface area contributed by atoms with E-state index in [-0.39, 0.29) is 11.9 Å². The van der Waals surface area contributed by atoms with Gasteiger partial charge in [0, 0.05) is 43.9 Å². The number of hydrogen-bond acceptors (Lipinski definition) is 6. The summed E-state index contributed by atoms with van der Waals surface area (Å²) in [5.41, 5.74) is 9.03. The summed E-state index contributed by atoms with van der Waals surface area (Å²) in [7, 11) is 0. The third kappa shape index (κ3) is 3.20. The van der Waals surface area contributed by atoms with Crippen LogP contribution in [0.4, 0.5) is 11.4 Å². The highest BCUT2D eigenvalue weighted by atomic mass is 16.1. The van der Waals surface area contributed by atoms with Crippen LogP contribution in [0.15, 0.2) is 36.9 Å². The van der Waals surface area contributed by atoms with Crippen LogP contribution in [0, 0.1) is 11.3 Å². The number of nitrogens with one attached hydrogen (secondary N) is 2. The maximum Gasteiger partial charge on any atom is 0.257 e. The zero-order valence-corrected chi connectivity index (χ0v) is 14.6. The molecular formula is C19H19N7O. The van der Waals surface area contributed by atoms with Crippen molar-refractivity contribution < 1.29 is 4.79 Å². The van der Waals surface area contributed by atoms with Crippen molar-refractivity contribution in [3.05, 3.63) is 48.0 Å². The molecule has 0 aromatic carbocycles. The fraction of sp³-hybridized carbons (Fsp3) is 0.263. The van der Waals surface area contributed by atoms with Crippen molar-refractivity contribution in [2.24, 2.45) is 5.73 Å². The van der Waals surface area contributed by atoms with E-state index in [1.807, 2.05) is 0 Å². The molecule has 136 valence electrons. The van der Waals surface area contributed by atoms with Gasteiger partial charge in [0.05, 0.1) is 27.9 Å². The number of pyridine rings is 2. The quantitative estimate of drug-likeness (QED) is 0.655. The van der Waals surface area contributed by atoms with Gasteiger partial charge in [-0.2, -0.15) is 5.26 Å². The number of aromatic nitrogens is 3. The number of nitrogens with two attached hydrogens (primary N) is 1. The first-order valence-corrected chi connectivity index (χ1v) is 8.79. The average molecular weight is 361 g/mol. The zero-order valence-electron chi connectivity index (χ0n) is 14.6. The molecule has 1 atom stereocenters. The second-order valence-corrected chi connectivity index (χ2v) is 6.60. The summed E-state index contributed by atoms with van der Waals surface area (Å²) in [5, 5.41) is 13.2. The fourth-order valence-corrected chi connectivity index (χ4v) is 3.49. The van der Waals surface area contributed by atoms with Gasteiger partial charge in [0.15, 0.2) is 0 Å². The molecule has 8 nitrogen and oxygen atoms in total. The van der Waals surface area contributed by atoms with Gasteiger partial charge in [0.25, 0.3) is 5.91 Å². The summed E-state index contributed by atoms with van der Waals surface area (Å²) in [6.45, 7) is 1.47. The number of amides is 1. The Morgan fingerprint density at radius 1 is 1.44 bits per heavy atom. The number of hydrogen-bond donors (Lipinski definition) is 3. The summed E-state index contributed by atoms with van der Waals surface area (Å²) in [4.78, 5) is 26.1. The molecule has 27 heavy (non-hydrogen) atoms. The molecule has 1 amide bonds. The first kappa shape index (κ1) is 17.0. The van der Waals surface area contributed by atoms with E-state index in [9.17, 15) is 10.1 Å². The van der Waals surface area contributed by atoms with E-state index < -0.39 is 0 Å². The summed E-state index contributed by atoms with van der Waals surface area (Å²) in [6.07, 6.45) is 8.29. The Kier molecular flexibility index (Phi) is 4.44. The number of carbonyl (C=O) groups excluding carboxylic acids is 1. The van der Waals surface area contributed by atoms with E-state index in [1.165, 1.54) is 6.20 Å². The number of anilines is 2. The minimum Gasteiger partial charge on any atom is -0.368 e. The molecular weight excluding hydrogens is 342 g/mol. The molecule has 1 saturated heterocycles. The van der Waals surface area contributed by atoms with Crippen molar-refractivity contribution >= 4 is 28.3 Å². The van der Waals surface area contributed by atoms with Crippen LogP contribution in [0.2, 0.25) is 0 Å². The predicted octanol–water partition coefficient (Wildman–Crippen LogP) is 2.01. The first-order chi connectivity index (χ1) is 13.2. The van der Waals surface area contributed by atoms with E-state index in [1.54, 1.807) is 30.7 Å². The Balaban J connectivity index is 1.78. The monoisotopic (exact) mass is 361 g/mol. The molecule has 1 aliphatic heterocycles. The first-order valence-electron chi connectivity index (χ1n) is 8.79. The number of fused-ring (bicyclic) bond motifs is 1. The van der Waals surface area contributed by atoms with Crippen molar-refractivity contribution in [1.29, 1.82) is 5.26 Å². The SMILES string of the molecule is N#Cc1cnc2[nH]cc(NC(=O)c3cccnc3)c2c1N1CCC[C@@H](N)C1. The number of carbonyl (C=O) groups is 1. The maximum atomic E-state index is 12.6. The third-order valence-corrected chi connectivity index (χ3v) is 4.74. The van der Waals surface area contributed by atoms with Crippen LogP contribution < -0.4 is 16.0 Å². The highest BCUT2D eigenvalue weighted by molar-refractivity contribution is 6.11. The predicted molar refractivity (Wildman–Crippen MR) is 102 cm³/mol. The van der Waals surface area contributed by atoms with Crippen LogP contribution in [0.5, 0.6) is 0 Å². The smallest absolute Gasteiger partial charge is 0.257 e. The van der Waals surface area contributed by atoms with Crippen LogP contribution in [0.3, 0.4) is 0 Å². The second-order valence-electron chi connectivity index (χ2n) is 6.60. The van der Waals surface area contributed by atoms with Gasteiger partial charge in [-0.05, 0) is 25.0 Å². The van der Waals surface area contributed by atoms with Crippen molar-refractivity contribution in [3.63, 3.8) is 0 Å². The summed E-state index contributed by atoms with van der Waals surface area (Å²) >= 11 is 0. The lowest BCUT2D eigenvalue weighted by Gasteiger charge is -2.33. The summed E-state index contributed by atoms with van der Waals surface area (Å²) in [6, 6.07) is 5.68. The molecule has 4 N–H and O–H groups in total. The third-order valence-electron chi connectivity index (χ3n) is 4.74. The zero-order chi connectivity index (χ0) is 18.8. The van der Waals surface area contributed by atoms with Crippen LogP contribution in [-0.4, -0.2) is 40.0 Å². The van der Waals surface area contributed by atoms with Gasteiger partial charge in [-0.25, -0.2) is 4.98 Å². The van der Waals surface area contributed by atoms with E-state index in [2.05, 4.69) is 31.2 Å². The van der Waals surface area contributed by atoms with Crippen LogP contribution >= 0.6 is 0 Å². The molecule has 0 saturated carbocycles.